The maximum Gasteiger partial charge on any atom is 0.419 e. The second-order valence-corrected chi connectivity index (χ2v) is 8.32. The molecule has 0 fully saturated rings. The number of ether oxygens (including phenoxy) is 4. The molecule has 1 aromatic heterocycles. The minimum absolute atomic E-state index is 0.0786. The van der Waals surface area contributed by atoms with Crippen LogP contribution in [0.25, 0.3) is 10.8 Å². The van der Waals surface area contributed by atoms with E-state index < -0.39 is 22.1 Å². The maximum atomic E-state index is 13.5. The van der Waals surface area contributed by atoms with Crippen LogP contribution in [0.5, 0.6) is 23.0 Å². The average molecular weight is 506 g/mol. The Morgan fingerprint density at radius 2 is 1.63 bits per heavy atom. The van der Waals surface area contributed by atoms with Crippen molar-refractivity contribution in [3.8, 4) is 23.0 Å². The van der Waals surface area contributed by atoms with Gasteiger partial charge in [-0.15, -0.1) is 0 Å². The van der Waals surface area contributed by atoms with Crippen molar-refractivity contribution in [2.45, 2.75) is 6.92 Å². The van der Waals surface area contributed by atoms with Gasteiger partial charge in [0.2, 0.25) is 5.75 Å². The van der Waals surface area contributed by atoms with Crippen LogP contribution >= 0.6 is 0 Å². The standard InChI is InChI=1S/C22H23N3O9S/c1-5-34-16-7-6-13-14(19(16)24-35(29,30)25-22(27)28)10-23-11-15(13)20(26)12-8-17(31-2)21(33-4)18(9-12)32-3/h6-11,24-25H,5H2,1-4H3,(H,27,28). The van der Waals surface area contributed by atoms with Crippen molar-refractivity contribution < 1.29 is 42.1 Å². The largest absolute Gasteiger partial charge is 0.493 e. The van der Waals surface area contributed by atoms with Gasteiger partial charge >= 0.3 is 16.3 Å². The molecule has 3 aromatic rings. The van der Waals surface area contributed by atoms with Gasteiger partial charge in [0.25, 0.3) is 0 Å². The molecule has 3 rings (SSSR count). The highest BCUT2D eigenvalue weighted by atomic mass is 32.2. The van der Waals surface area contributed by atoms with E-state index >= 15 is 0 Å². The predicted octanol–water partition coefficient (Wildman–Crippen LogP) is 2.81. The van der Waals surface area contributed by atoms with Crippen LogP contribution in [0.2, 0.25) is 0 Å². The first-order chi connectivity index (χ1) is 16.6. The molecular weight excluding hydrogens is 482 g/mol. The van der Waals surface area contributed by atoms with E-state index in [1.54, 1.807) is 13.0 Å². The molecule has 0 bridgehead atoms. The number of carboxylic acid groups (broad SMARTS) is 1. The molecule has 0 saturated carbocycles. The maximum absolute atomic E-state index is 13.5. The van der Waals surface area contributed by atoms with E-state index in [4.69, 9.17) is 24.1 Å². The SMILES string of the molecule is CCOc1ccc2c(C(=O)c3cc(OC)c(OC)c(OC)c3)cncc2c1NS(=O)(=O)NC(=O)O. The fourth-order valence-corrected chi connectivity index (χ4v) is 4.19. The molecule has 0 radical (unpaired) electrons. The lowest BCUT2D eigenvalue weighted by molar-refractivity contribution is 0.103. The van der Waals surface area contributed by atoms with Gasteiger partial charge in [-0.2, -0.15) is 8.42 Å². The number of pyridine rings is 1. The number of methoxy groups -OCH3 is 3. The number of rotatable bonds is 10. The molecule has 2 aromatic carbocycles. The molecule has 13 heteroatoms. The zero-order valence-corrected chi connectivity index (χ0v) is 20.1. The molecule has 12 nitrogen and oxygen atoms in total. The second-order valence-electron chi connectivity index (χ2n) is 6.91. The zero-order valence-electron chi connectivity index (χ0n) is 19.2. The van der Waals surface area contributed by atoms with Gasteiger partial charge in [-0.1, -0.05) is 0 Å². The number of aromatic nitrogens is 1. The van der Waals surface area contributed by atoms with Crippen LogP contribution in [0.1, 0.15) is 22.8 Å². The van der Waals surface area contributed by atoms with Gasteiger partial charge in [-0.25, -0.2) is 9.52 Å². The van der Waals surface area contributed by atoms with Crippen LogP contribution in [0.3, 0.4) is 0 Å². The van der Waals surface area contributed by atoms with Crippen LogP contribution in [0, 0.1) is 0 Å². The Morgan fingerprint density at radius 1 is 0.971 bits per heavy atom. The summed E-state index contributed by atoms with van der Waals surface area (Å²) in [6.45, 7) is 1.89. The van der Waals surface area contributed by atoms with Gasteiger partial charge in [-0.05, 0) is 36.6 Å². The number of amides is 1. The number of carbonyl (C=O) groups excluding carboxylic acids is 1. The van der Waals surface area contributed by atoms with Crippen molar-refractivity contribution >= 4 is 38.5 Å². The molecule has 1 amide bonds. The molecule has 0 saturated heterocycles. The summed E-state index contributed by atoms with van der Waals surface area (Å²) in [6, 6.07) is 6.01. The summed E-state index contributed by atoms with van der Waals surface area (Å²) >= 11 is 0. The van der Waals surface area contributed by atoms with Gasteiger partial charge < -0.3 is 24.1 Å². The third-order valence-electron chi connectivity index (χ3n) is 4.83. The summed E-state index contributed by atoms with van der Waals surface area (Å²) in [5.41, 5.74) is 0.272. The minimum atomic E-state index is -4.52. The molecule has 0 spiro atoms. The third-order valence-corrected chi connectivity index (χ3v) is 5.75. The molecule has 0 aliphatic carbocycles. The first-order valence-electron chi connectivity index (χ1n) is 10.1. The van der Waals surface area contributed by atoms with Crippen LogP contribution < -0.4 is 28.4 Å². The predicted molar refractivity (Wildman–Crippen MR) is 126 cm³/mol. The summed E-state index contributed by atoms with van der Waals surface area (Å²) in [6.07, 6.45) is 0.900. The summed E-state index contributed by atoms with van der Waals surface area (Å²) in [4.78, 5) is 28.5. The van der Waals surface area contributed by atoms with Gasteiger partial charge in [0.15, 0.2) is 17.3 Å². The summed E-state index contributed by atoms with van der Waals surface area (Å²) in [5.74, 6) is 0.524. The van der Waals surface area contributed by atoms with Crippen molar-refractivity contribution in [3.63, 3.8) is 0 Å². The Morgan fingerprint density at radius 3 is 2.17 bits per heavy atom. The smallest absolute Gasteiger partial charge is 0.419 e. The Bertz CT molecular complexity index is 1370. The van der Waals surface area contributed by atoms with E-state index in [1.165, 1.54) is 56.6 Å². The van der Waals surface area contributed by atoms with E-state index in [1.807, 2.05) is 0 Å². The molecule has 0 atom stereocenters. The van der Waals surface area contributed by atoms with Crippen LogP contribution in [0.15, 0.2) is 36.7 Å². The topological polar surface area (TPSA) is 162 Å². The third kappa shape index (κ3) is 5.30. The monoisotopic (exact) mass is 505 g/mol. The Balaban J connectivity index is 2.20. The van der Waals surface area contributed by atoms with Crippen molar-refractivity contribution in [1.82, 2.24) is 9.71 Å². The number of hydrogen-bond acceptors (Lipinski definition) is 9. The number of fused-ring (bicyclic) bond motifs is 1. The van der Waals surface area contributed by atoms with E-state index in [2.05, 4.69) is 9.71 Å². The lowest BCUT2D eigenvalue weighted by Crippen LogP contribution is -2.34. The first-order valence-corrected chi connectivity index (χ1v) is 11.6. The Kier molecular flexibility index (Phi) is 7.49. The molecule has 1 heterocycles. The molecule has 0 aliphatic rings. The van der Waals surface area contributed by atoms with Gasteiger partial charge in [0.05, 0.1) is 27.9 Å². The lowest BCUT2D eigenvalue weighted by atomic mass is 9.98. The fraction of sp³-hybridized carbons (Fsp3) is 0.227. The molecule has 0 aliphatic heterocycles. The first kappa shape index (κ1) is 25.4. The second kappa shape index (κ2) is 10.3. The quantitative estimate of drug-likeness (QED) is 0.349. The van der Waals surface area contributed by atoms with Crippen LogP contribution in [-0.4, -0.2) is 58.3 Å². The number of hydrogen-bond donors (Lipinski definition) is 3. The minimum Gasteiger partial charge on any atom is -0.493 e. The molecule has 0 unspecified atom stereocenters. The number of ketones is 1. The highest BCUT2D eigenvalue weighted by Gasteiger charge is 2.23. The Labute approximate surface area is 201 Å². The summed E-state index contributed by atoms with van der Waals surface area (Å²) in [7, 11) is -0.237. The average Bonchev–Trinajstić information content (AvgIpc) is 2.82. The van der Waals surface area contributed by atoms with Crippen LogP contribution in [0.4, 0.5) is 10.5 Å². The van der Waals surface area contributed by atoms with Crippen molar-refractivity contribution in [2.75, 3.05) is 32.7 Å². The number of carbonyl (C=O) groups is 2. The number of anilines is 1. The van der Waals surface area contributed by atoms with Crippen molar-refractivity contribution in [2.24, 2.45) is 0 Å². The van der Waals surface area contributed by atoms with Gasteiger partial charge in [0.1, 0.15) is 11.4 Å². The zero-order chi connectivity index (χ0) is 25.8. The van der Waals surface area contributed by atoms with Crippen LogP contribution in [-0.2, 0) is 10.2 Å². The molecule has 186 valence electrons. The molecule has 35 heavy (non-hydrogen) atoms. The van der Waals surface area contributed by atoms with E-state index in [0.29, 0.717) is 11.1 Å². The highest BCUT2D eigenvalue weighted by molar-refractivity contribution is 7.91. The highest BCUT2D eigenvalue weighted by Crippen LogP contribution is 2.40. The van der Waals surface area contributed by atoms with E-state index in [-0.39, 0.29) is 46.1 Å². The lowest BCUT2D eigenvalue weighted by Gasteiger charge is -2.17. The van der Waals surface area contributed by atoms with E-state index in [0.717, 1.165) is 0 Å². The summed E-state index contributed by atoms with van der Waals surface area (Å²) in [5, 5.41) is 9.39. The Hall–Kier alpha value is -4.26. The fourth-order valence-electron chi connectivity index (χ4n) is 3.43. The van der Waals surface area contributed by atoms with Crippen molar-refractivity contribution in [1.29, 1.82) is 0 Å². The van der Waals surface area contributed by atoms with Crippen molar-refractivity contribution in [3.05, 3.63) is 47.8 Å². The summed E-state index contributed by atoms with van der Waals surface area (Å²) < 4.78 is 49.5. The number of nitrogens with zero attached hydrogens (tertiary/aromatic N) is 1. The number of nitrogens with one attached hydrogen (secondary N) is 2. The normalized spacial score (nSPS) is 11.0. The molecular formula is C22H23N3O9S. The van der Waals surface area contributed by atoms with Gasteiger partial charge in [0, 0.05) is 28.9 Å². The molecule has 3 N–H and O–H groups in total. The van der Waals surface area contributed by atoms with Gasteiger partial charge in [-0.3, -0.25) is 14.5 Å². The number of benzene rings is 2. The van der Waals surface area contributed by atoms with E-state index in [9.17, 15) is 18.0 Å².